The molecule has 0 saturated heterocycles. The summed E-state index contributed by atoms with van der Waals surface area (Å²) < 4.78 is 18.8. The Morgan fingerprint density at radius 1 is 1.12 bits per heavy atom. The van der Waals surface area contributed by atoms with Gasteiger partial charge in [-0.1, -0.05) is 54.6 Å². The molecule has 0 bridgehead atoms. The number of aliphatic hydroxyl groups is 1. The Hall–Kier alpha value is -3.25. The number of hydrogen-bond donors (Lipinski definition) is 1. The zero-order chi connectivity index (χ0) is 22.3. The van der Waals surface area contributed by atoms with Crippen molar-refractivity contribution in [1.82, 2.24) is 4.98 Å². The fourth-order valence-electron chi connectivity index (χ4n) is 4.67. The summed E-state index contributed by atoms with van der Waals surface area (Å²) in [5.74, 6) is 0.434. The monoisotopic (exact) mass is 432 g/mol. The van der Waals surface area contributed by atoms with Crippen molar-refractivity contribution in [2.45, 2.75) is 31.3 Å². The zero-order valence-corrected chi connectivity index (χ0v) is 17.9. The maximum atomic E-state index is 13.1. The first-order valence-electron chi connectivity index (χ1n) is 10.9. The number of carbonyl (C=O) groups excluding carboxylic acids is 1. The van der Waals surface area contributed by atoms with Crippen molar-refractivity contribution in [2.75, 3.05) is 24.7 Å². The standard InChI is InChI=1S/C26H25FN2O3/c1-26(31)14-20(15-26)17-7-9-19(10-8-17)24-21(18-5-3-2-4-6-18)13-22-25(28-24)32-16-23(30)29(22)12-11-27/h2-10,13,20,31H,11-12,14-16H2,1H3. The summed E-state index contributed by atoms with van der Waals surface area (Å²) in [7, 11) is 0. The molecule has 1 saturated carbocycles. The van der Waals surface area contributed by atoms with Gasteiger partial charge < -0.3 is 14.7 Å². The average Bonchev–Trinajstić information content (AvgIpc) is 2.79. The van der Waals surface area contributed by atoms with E-state index in [0.29, 0.717) is 17.5 Å². The molecule has 0 unspecified atom stereocenters. The van der Waals surface area contributed by atoms with Gasteiger partial charge in [-0.3, -0.25) is 4.79 Å². The average molecular weight is 432 g/mol. The fourth-order valence-corrected chi connectivity index (χ4v) is 4.67. The van der Waals surface area contributed by atoms with Crippen LogP contribution in [0.1, 0.15) is 31.2 Å². The molecule has 1 aliphatic heterocycles. The number of amides is 1. The molecule has 5 rings (SSSR count). The number of halogens is 1. The lowest BCUT2D eigenvalue weighted by atomic mass is 9.69. The molecule has 0 spiro atoms. The number of benzene rings is 2. The smallest absolute Gasteiger partial charge is 0.265 e. The van der Waals surface area contributed by atoms with Crippen LogP contribution in [0.25, 0.3) is 22.4 Å². The van der Waals surface area contributed by atoms with E-state index in [-0.39, 0.29) is 19.1 Å². The summed E-state index contributed by atoms with van der Waals surface area (Å²) in [6, 6.07) is 19.9. The van der Waals surface area contributed by atoms with Crippen LogP contribution in [-0.2, 0) is 4.79 Å². The summed E-state index contributed by atoms with van der Waals surface area (Å²) in [6.45, 7) is 1.07. The van der Waals surface area contributed by atoms with Crippen LogP contribution in [-0.4, -0.2) is 41.4 Å². The van der Waals surface area contributed by atoms with Crippen molar-refractivity contribution >= 4 is 11.6 Å². The number of aromatic nitrogens is 1. The van der Waals surface area contributed by atoms with Gasteiger partial charge in [0, 0.05) is 11.1 Å². The number of hydrogen-bond acceptors (Lipinski definition) is 4. The molecule has 1 N–H and O–H groups in total. The fraction of sp³-hybridized carbons (Fsp3) is 0.308. The molecular formula is C26H25FN2O3. The molecule has 2 aliphatic rings. The van der Waals surface area contributed by atoms with Crippen LogP contribution in [0.5, 0.6) is 5.88 Å². The van der Waals surface area contributed by atoms with E-state index in [2.05, 4.69) is 12.1 Å². The third-order valence-electron chi connectivity index (χ3n) is 6.31. The third-order valence-corrected chi connectivity index (χ3v) is 6.31. The van der Waals surface area contributed by atoms with Crippen molar-refractivity contribution in [3.8, 4) is 28.3 Å². The van der Waals surface area contributed by atoms with E-state index in [0.717, 1.165) is 35.2 Å². The second-order valence-corrected chi connectivity index (χ2v) is 8.82. The van der Waals surface area contributed by atoms with Crippen LogP contribution < -0.4 is 9.64 Å². The molecule has 1 aliphatic carbocycles. The second-order valence-electron chi connectivity index (χ2n) is 8.82. The normalized spacial score (nSPS) is 22.2. The molecule has 5 nitrogen and oxygen atoms in total. The first-order valence-corrected chi connectivity index (χ1v) is 10.9. The van der Waals surface area contributed by atoms with Gasteiger partial charge in [0.25, 0.3) is 5.91 Å². The molecule has 2 aromatic carbocycles. The maximum Gasteiger partial charge on any atom is 0.265 e. The second kappa shape index (κ2) is 8.02. The van der Waals surface area contributed by atoms with Gasteiger partial charge in [0.15, 0.2) is 6.61 Å². The Morgan fingerprint density at radius 3 is 2.50 bits per heavy atom. The van der Waals surface area contributed by atoms with E-state index >= 15 is 0 Å². The lowest BCUT2D eigenvalue weighted by molar-refractivity contribution is -0.121. The summed E-state index contributed by atoms with van der Waals surface area (Å²) in [5, 5.41) is 10.1. The van der Waals surface area contributed by atoms with Crippen LogP contribution in [0.3, 0.4) is 0 Å². The summed E-state index contributed by atoms with van der Waals surface area (Å²) >= 11 is 0. The molecule has 0 radical (unpaired) electrons. The minimum absolute atomic E-state index is 0.0235. The molecule has 1 amide bonds. The van der Waals surface area contributed by atoms with Gasteiger partial charge in [-0.15, -0.1) is 0 Å². The first-order chi connectivity index (χ1) is 15.4. The van der Waals surface area contributed by atoms with E-state index in [1.54, 1.807) is 0 Å². The predicted octanol–water partition coefficient (Wildman–Crippen LogP) is 4.74. The molecule has 164 valence electrons. The molecular weight excluding hydrogens is 407 g/mol. The topological polar surface area (TPSA) is 62.7 Å². The lowest BCUT2D eigenvalue weighted by Crippen LogP contribution is -2.40. The Balaban J connectivity index is 1.58. The Labute approximate surface area is 186 Å². The predicted molar refractivity (Wildman–Crippen MR) is 122 cm³/mol. The van der Waals surface area contributed by atoms with Gasteiger partial charge in [0.05, 0.1) is 17.8 Å². The highest BCUT2D eigenvalue weighted by Gasteiger charge is 2.39. The van der Waals surface area contributed by atoms with Crippen molar-refractivity contribution in [2.24, 2.45) is 0 Å². The van der Waals surface area contributed by atoms with Gasteiger partial charge in [0.2, 0.25) is 5.88 Å². The zero-order valence-electron chi connectivity index (χ0n) is 17.9. The third kappa shape index (κ3) is 3.75. The van der Waals surface area contributed by atoms with Gasteiger partial charge in [-0.2, -0.15) is 0 Å². The van der Waals surface area contributed by atoms with Gasteiger partial charge in [-0.25, -0.2) is 9.37 Å². The van der Waals surface area contributed by atoms with E-state index in [1.165, 1.54) is 10.5 Å². The molecule has 1 fully saturated rings. The van der Waals surface area contributed by atoms with Crippen LogP contribution in [0.2, 0.25) is 0 Å². The highest BCUT2D eigenvalue weighted by Crippen LogP contribution is 2.45. The quantitative estimate of drug-likeness (QED) is 0.633. The number of rotatable bonds is 5. The van der Waals surface area contributed by atoms with E-state index in [1.807, 2.05) is 55.5 Å². The highest BCUT2D eigenvalue weighted by molar-refractivity contribution is 5.99. The number of carbonyl (C=O) groups is 1. The first kappa shape index (κ1) is 20.6. The minimum Gasteiger partial charge on any atom is -0.466 e. The highest BCUT2D eigenvalue weighted by atomic mass is 19.1. The Bertz CT molecular complexity index is 1140. The number of anilines is 1. The van der Waals surface area contributed by atoms with E-state index < -0.39 is 12.3 Å². The SMILES string of the molecule is CC1(O)CC(c2ccc(-c3nc4c(cc3-c3ccccc3)N(CCF)C(=O)CO4)cc2)C1. The van der Waals surface area contributed by atoms with Crippen LogP contribution in [0, 0.1) is 0 Å². The van der Waals surface area contributed by atoms with Gasteiger partial charge in [-0.05, 0) is 42.9 Å². The van der Waals surface area contributed by atoms with Gasteiger partial charge >= 0.3 is 0 Å². The minimum atomic E-state index is -0.636. The van der Waals surface area contributed by atoms with E-state index in [9.17, 15) is 14.3 Å². The molecule has 2 heterocycles. The number of ether oxygens (including phenoxy) is 1. The Kier molecular flexibility index (Phi) is 5.18. The van der Waals surface area contributed by atoms with Crippen molar-refractivity contribution in [3.63, 3.8) is 0 Å². The summed E-state index contributed by atoms with van der Waals surface area (Å²) in [6.07, 6.45) is 1.54. The van der Waals surface area contributed by atoms with Crippen molar-refractivity contribution in [3.05, 3.63) is 66.2 Å². The Morgan fingerprint density at radius 2 is 1.84 bits per heavy atom. The summed E-state index contributed by atoms with van der Waals surface area (Å²) in [5.41, 5.74) is 4.62. The van der Waals surface area contributed by atoms with E-state index in [4.69, 9.17) is 9.72 Å². The van der Waals surface area contributed by atoms with Gasteiger partial charge in [0.1, 0.15) is 12.4 Å². The van der Waals surface area contributed by atoms with Crippen LogP contribution >= 0.6 is 0 Å². The lowest BCUT2D eigenvalue weighted by Gasteiger charge is -2.41. The van der Waals surface area contributed by atoms with Crippen LogP contribution in [0.15, 0.2) is 60.7 Å². The van der Waals surface area contributed by atoms with Crippen molar-refractivity contribution in [1.29, 1.82) is 0 Å². The molecule has 1 aromatic heterocycles. The largest absolute Gasteiger partial charge is 0.466 e. The summed E-state index contributed by atoms with van der Waals surface area (Å²) in [4.78, 5) is 18.5. The number of pyridine rings is 1. The molecule has 3 aromatic rings. The van der Waals surface area contributed by atoms with Crippen LogP contribution in [0.4, 0.5) is 10.1 Å². The number of fused-ring (bicyclic) bond motifs is 1. The maximum absolute atomic E-state index is 13.1. The number of alkyl halides is 1. The van der Waals surface area contributed by atoms with Crippen molar-refractivity contribution < 1.29 is 19.0 Å². The molecule has 0 atom stereocenters. The number of nitrogens with zero attached hydrogens (tertiary/aromatic N) is 2. The molecule has 32 heavy (non-hydrogen) atoms. The molecule has 6 heteroatoms.